The highest BCUT2D eigenvalue weighted by molar-refractivity contribution is 7.80. The molecule has 6 heteroatoms. The standard InChI is InChI=1S/C5H8N4OS/c1-6-5(11)7-4-3-9(2)8-10-4/h3H,1-2H3,(H-,6,7,8,11)/p+1. The van der Waals surface area contributed by atoms with E-state index < -0.39 is 0 Å². The van der Waals surface area contributed by atoms with Gasteiger partial charge in [-0.05, 0) is 12.2 Å². The molecule has 0 bridgehead atoms. The predicted molar refractivity (Wildman–Crippen MR) is 43.0 cm³/mol. The molecule has 1 aromatic rings. The molecular weight excluding hydrogens is 164 g/mol. The SMILES string of the molecule is CNC(=S)Nc1c[n+](C)no1. The number of rotatable bonds is 1. The lowest BCUT2D eigenvalue weighted by atomic mass is 10.7. The van der Waals surface area contributed by atoms with Crippen molar-refractivity contribution in [1.29, 1.82) is 0 Å². The minimum Gasteiger partial charge on any atom is -0.365 e. The van der Waals surface area contributed by atoms with Crippen LogP contribution >= 0.6 is 12.2 Å². The molecule has 0 unspecified atom stereocenters. The summed E-state index contributed by atoms with van der Waals surface area (Å²) < 4.78 is 6.35. The van der Waals surface area contributed by atoms with Gasteiger partial charge in [0.05, 0.1) is 0 Å². The fourth-order valence-electron chi connectivity index (χ4n) is 0.555. The van der Waals surface area contributed by atoms with E-state index in [1.807, 2.05) is 0 Å². The normalized spacial score (nSPS) is 9.27. The number of aryl methyl sites for hydroxylation is 1. The van der Waals surface area contributed by atoms with E-state index >= 15 is 0 Å². The third-order valence-corrected chi connectivity index (χ3v) is 1.34. The molecule has 0 fully saturated rings. The number of aromatic nitrogens is 2. The molecule has 2 N–H and O–H groups in total. The van der Waals surface area contributed by atoms with Crippen molar-refractivity contribution in [3.63, 3.8) is 0 Å². The third-order valence-electron chi connectivity index (χ3n) is 1.04. The molecule has 11 heavy (non-hydrogen) atoms. The molecule has 1 heterocycles. The highest BCUT2D eigenvalue weighted by atomic mass is 32.1. The lowest BCUT2D eigenvalue weighted by Gasteiger charge is -1.98. The summed E-state index contributed by atoms with van der Waals surface area (Å²) in [5.41, 5.74) is 0. The smallest absolute Gasteiger partial charge is 0.301 e. The van der Waals surface area contributed by atoms with Gasteiger partial charge in [0.15, 0.2) is 17.4 Å². The van der Waals surface area contributed by atoms with E-state index in [9.17, 15) is 0 Å². The molecule has 0 atom stereocenters. The number of nitrogens with one attached hydrogen (secondary N) is 2. The van der Waals surface area contributed by atoms with E-state index in [1.54, 1.807) is 25.0 Å². The van der Waals surface area contributed by atoms with Crippen LogP contribution in [0.4, 0.5) is 5.88 Å². The molecule has 1 rings (SSSR count). The van der Waals surface area contributed by atoms with E-state index in [0.29, 0.717) is 11.0 Å². The Morgan fingerprint density at radius 2 is 2.55 bits per heavy atom. The Balaban J connectivity index is 2.57. The highest BCUT2D eigenvalue weighted by Crippen LogP contribution is 1.98. The molecule has 0 spiro atoms. The molecule has 5 nitrogen and oxygen atoms in total. The number of hydrogen-bond donors (Lipinski definition) is 2. The van der Waals surface area contributed by atoms with Crippen molar-refractivity contribution in [2.75, 3.05) is 12.4 Å². The van der Waals surface area contributed by atoms with Gasteiger partial charge in [-0.2, -0.15) is 0 Å². The van der Waals surface area contributed by atoms with Crippen molar-refractivity contribution in [3.8, 4) is 0 Å². The first-order chi connectivity index (χ1) is 5.22. The first kappa shape index (κ1) is 7.93. The first-order valence-corrected chi connectivity index (χ1v) is 3.44. The zero-order chi connectivity index (χ0) is 8.27. The van der Waals surface area contributed by atoms with Gasteiger partial charge >= 0.3 is 5.88 Å². The van der Waals surface area contributed by atoms with E-state index in [1.165, 1.54) is 0 Å². The van der Waals surface area contributed by atoms with Crippen LogP contribution in [0.15, 0.2) is 10.7 Å². The van der Waals surface area contributed by atoms with Crippen LogP contribution in [-0.4, -0.2) is 17.4 Å². The Labute approximate surface area is 69.3 Å². The van der Waals surface area contributed by atoms with E-state index in [2.05, 4.69) is 15.9 Å². The van der Waals surface area contributed by atoms with Crippen molar-refractivity contribution in [2.24, 2.45) is 7.05 Å². The minimum absolute atomic E-state index is 0.502. The summed E-state index contributed by atoms with van der Waals surface area (Å²) >= 11 is 4.83. The summed E-state index contributed by atoms with van der Waals surface area (Å²) in [4.78, 5) is 0. The van der Waals surface area contributed by atoms with Crippen LogP contribution in [0.25, 0.3) is 0 Å². The molecular formula is C5H9N4OS+. The lowest BCUT2D eigenvalue weighted by molar-refractivity contribution is -0.739. The minimum atomic E-state index is 0.502. The van der Waals surface area contributed by atoms with Crippen molar-refractivity contribution in [2.45, 2.75) is 0 Å². The van der Waals surface area contributed by atoms with E-state index in [-0.39, 0.29) is 0 Å². The van der Waals surface area contributed by atoms with Gasteiger partial charge in [-0.25, -0.2) is 0 Å². The second-order valence-corrected chi connectivity index (χ2v) is 2.35. The van der Waals surface area contributed by atoms with Gasteiger partial charge in [0, 0.05) is 7.05 Å². The highest BCUT2D eigenvalue weighted by Gasteiger charge is 2.06. The van der Waals surface area contributed by atoms with Crippen LogP contribution in [0.2, 0.25) is 0 Å². The monoisotopic (exact) mass is 173 g/mol. The van der Waals surface area contributed by atoms with Gasteiger partial charge in [-0.3, -0.25) is 9.84 Å². The quantitative estimate of drug-likeness (QED) is 0.439. The maximum absolute atomic E-state index is 4.83. The van der Waals surface area contributed by atoms with Crippen LogP contribution in [0, 0.1) is 0 Å². The summed E-state index contributed by atoms with van der Waals surface area (Å²) in [6.45, 7) is 0. The van der Waals surface area contributed by atoms with Crippen molar-refractivity contribution < 1.29 is 9.20 Å². The lowest BCUT2D eigenvalue weighted by Crippen LogP contribution is -2.28. The summed E-state index contributed by atoms with van der Waals surface area (Å²) in [7, 11) is 3.49. The predicted octanol–water partition coefficient (Wildman–Crippen LogP) is -0.585. The van der Waals surface area contributed by atoms with Crippen molar-refractivity contribution >= 4 is 23.2 Å². The molecule has 0 saturated heterocycles. The maximum atomic E-state index is 4.83. The van der Waals surface area contributed by atoms with Crippen LogP contribution in [0.3, 0.4) is 0 Å². The molecule has 0 aliphatic carbocycles. The van der Waals surface area contributed by atoms with Crippen LogP contribution in [0.1, 0.15) is 0 Å². The molecule has 0 aliphatic heterocycles. The topological polar surface area (TPSA) is 54.0 Å². The molecule has 1 aromatic heterocycles. The summed E-state index contributed by atoms with van der Waals surface area (Å²) in [5.74, 6) is 0.520. The summed E-state index contributed by atoms with van der Waals surface area (Å²) in [6, 6.07) is 0. The molecule has 0 saturated carbocycles. The average Bonchev–Trinajstić information content (AvgIpc) is 2.35. The largest absolute Gasteiger partial charge is 0.365 e. The van der Waals surface area contributed by atoms with Crippen LogP contribution < -0.4 is 15.3 Å². The fourth-order valence-corrected chi connectivity index (χ4v) is 0.655. The first-order valence-electron chi connectivity index (χ1n) is 3.03. The zero-order valence-electron chi connectivity index (χ0n) is 6.29. The van der Waals surface area contributed by atoms with Gasteiger partial charge in [-0.15, -0.1) is 0 Å². The fraction of sp³-hybridized carbons (Fsp3) is 0.400. The van der Waals surface area contributed by atoms with Crippen molar-refractivity contribution in [1.82, 2.24) is 10.6 Å². The Bertz CT molecular complexity index is 259. The average molecular weight is 173 g/mol. The van der Waals surface area contributed by atoms with E-state index in [4.69, 9.17) is 16.7 Å². The summed E-state index contributed by atoms with van der Waals surface area (Å²) in [5, 5.41) is 9.63. The Morgan fingerprint density at radius 1 is 1.82 bits per heavy atom. The van der Waals surface area contributed by atoms with Gasteiger partial charge < -0.3 is 5.32 Å². The third kappa shape index (κ3) is 2.15. The molecule has 0 aromatic carbocycles. The van der Waals surface area contributed by atoms with Gasteiger partial charge in [-0.1, -0.05) is 4.68 Å². The number of thiocarbonyl (C=S) groups is 1. The molecule has 0 amide bonds. The van der Waals surface area contributed by atoms with E-state index in [0.717, 1.165) is 0 Å². The number of anilines is 1. The molecule has 60 valence electrons. The molecule has 0 radical (unpaired) electrons. The second kappa shape index (κ2) is 3.29. The Hall–Kier alpha value is -1.17. The summed E-state index contributed by atoms with van der Waals surface area (Å²) in [6.07, 6.45) is 1.68. The van der Waals surface area contributed by atoms with Gasteiger partial charge in [0.25, 0.3) is 6.20 Å². The van der Waals surface area contributed by atoms with Gasteiger partial charge in [0.1, 0.15) is 0 Å². The van der Waals surface area contributed by atoms with Crippen LogP contribution in [0.5, 0.6) is 0 Å². The van der Waals surface area contributed by atoms with Gasteiger partial charge in [0.2, 0.25) is 0 Å². The number of hydrogen-bond acceptors (Lipinski definition) is 3. The molecule has 0 aliphatic rings. The second-order valence-electron chi connectivity index (χ2n) is 1.94. The Kier molecular flexibility index (Phi) is 2.37. The zero-order valence-corrected chi connectivity index (χ0v) is 7.10. The number of nitrogens with zero attached hydrogens (tertiary/aromatic N) is 2. The Morgan fingerprint density at radius 3 is 3.00 bits per heavy atom. The maximum Gasteiger partial charge on any atom is 0.301 e. The van der Waals surface area contributed by atoms with Crippen molar-refractivity contribution in [3.05, 3.63) is 6.20 Å². The van der Waals surface area contributed by atoms with Crippen LogP contribution in [-0.2, 0) is 7.05 Å².